The summed E-state index contributed by atoms with van der Waals surface area (Å²) in [4.78, 5) is 7.14. The molecule has 2 aromatic rings. The zero-order valence-corrected chi connectivity index (χ0v) is 11.5. The van der Waals surface area contributed by atoms with Gasteiger partial charge in [0.25, 0.3) is 0 Å². The molecule has 1 spiro atoms. The van der Waals surface area contributed by atoms with Gasteiger partial charge in [0.15, 0.2) is 0 Å². The van der Waals surface area contributed by atoms with Crippen LogP contribution in [0.1, 0.15) is 31.2 Å². The summed E-state index contributed by atoms with van der Waals surface area (Å²) < 4.78 is 0. The summed E-state index contributed by atoms with van der Waals surface area (Å²) in [6.07, 6.45) is 7.65. The Balaban J connectivity index is 1.77. The summed E-state index contributed by atoms with van der Waals surface area (Å²) in [5.41, 5.74) is 4.48. The number of aryl methyl sites for hydroxylation is 1. The Morgan fingerprint density at radius 3 is 2.79 bits per heavy atom. The van der Waals surface area contributed by atoms with Crippen LogP contribution in [0.4, 0.5) is 5.69 Å². The van der Waals surface area contributed by atoms with Gasteiger partial charge in [-0.1, -0.05) is 24.6 Å². The average Bonchev–Trinajstić information content (AvgIpc) is 2.84. The molecule has 1 aromatic heterocycles. The van der Waals surface area contributed by atoms with Gasteiger partial charge in [0.05, 0.1) is 5.52 Å². The van der Waals surface area contributed by atoms with Crippen molar-refractivity contribution >= 4 is 16.6 Å². The molecular weight excluding hydrogens is 232 g/mol. The van der Waals surface area contributed by atoms with Crippen molar-refractivity contribution in [1.82, 2.24) is 4.98 Å². The molecular formula is C17H20N2. The zero-order valence-electron chi connectivity index (χ0n) is 11.5. The molecule has 1 saturated carbocycles. The summed E-state index contributed by atoms with van der Waals surface area (Å²) in [5, 5.41) is 1.32. The lowest BCUT2D eigenvalue weighted by Crippen LogP contribution is -2.33. The van der Waals surface area contributed by atoms with Crippen LogP contribution >= 0.6 is 0 Å². The largest absolute Gasteiger partial charge is 0.370 e. The fraction of sp³-hybridized carbons (Fsp3) is 0.471. The van der Waals surface area contributed by atoms with Crippen LogP contribution in [0.2, 0.25) is 0 Å². The Morgan fingerprint density at radius 1 is 1.16 bits per heavy atom. The Kier molecular flexibility index (Phi) is 2.35. The highest BCUT2D eigenvalue weighted by molar-refractivity contribution is 5.93. The van der Waals surface area contributed by atoms with E-state index in [4.69, 9.17) is 0 Å². The van der Waals surface area contributed by atoms with Crippen LogP contribution < -0.4 is 4.90 Å². The van der Waals surface area contributed by atoms with Crippen LogP contribution in [0.15, 0.2) is 30.5 Å². The number of pyridine rings is 1. The van der Waals surface area contributed by atoms with Crippen LogP contribution in [0.25, 0.3) is 10.9 Å². The van der Waals surface area contributed by atoms with Gasteiger partial charge >= 0.3 is 0 Å². The van der Waals surface area contributed by atoms with Crippen molar-refractivity contribution in [1.29, 1.82) is 0 Å². The number of nitrogens with zero attached hydrogens (tertiary/aromatic N) is 2. The minimum absolute atomic E-state index is 0.652. The standard InChI is InChI=1S/C17H20N2/c1-13-4-2-5-14-15(6-10-18-16(13)14)19-11-9-17(12-19)7-3-8-17/h2,4-6,10H,3,7-9,11-12H2,1H3. The number of rotatable bonds is 1. The number of benzene rings is 1. The quantitative estimate of drug-likeness (QED) is 0.764. The topological polar surface area (TPSA) is 16.1 Å². The Hall–Kier alpha value is -1.57. The Morgan fingerprint density at radius 2 is 2.05 bits per heavy atom. The van der Waals surface area contributed by atoms with E-state index in [0.717, 1.165) is 5.52 Å². The summed E-state index contributed by atoms with van der Waals surface area (Å²) in [5.74, 6) is 0. The smallest absolute Gasteiger partial charge is 0.0751 e. The van der Waals surface area contributed by atoms with E-state index in [0.29, 0.717) is 5.41 Å². The lowest BCUT2D eigenvalue weighted by molar-refractivity contribution is 0.165. The van der Waals surface area contributed by atoms with Crippen molar-refractivity contribution in [2.45, 2.75) is 32.6 Å². The molecule has 1 aromatic carbocycles. The van der Waals surface area contributed by atoms with Crippen molar-refractivity contribution in [3.63, 3.8) is 0 Å². The van der Waals surface area contributed by atoms with Gasteiger partial charge in [0.2, 0.25) is 0 Å². The monoisotopic (exact) mass is 252 g/mol. The van der Waals surface area contributed by atoms with E-state index in [1.807, 2.05) is 6.20 Å². The second-order valence-electron chi connectivity index (χ2n) is 6.33. The first-order chi connectivity index (χ1) is 9.27. The highest BCUT2D eigenvalue weighted by Gasteiger charge is 2.42. The number of para-hydroxylation sites is 1. The molecule has 2 heteroatoms. The van der Waals surface area contributed by atoms with Gasteiger partial charge in [0.1, 0.15) is 0 Å². The molecule has 1 aliphatic heterocycles. The van der Waals surface area contributed by atoms with Gasteiger partial charge in [0, 0.05) is 30.4 Å². The van der Waals surface area contributed by atoms with Gasteiger partial charge in [-0.05, 0) is 43.2 Å². The van der Waals surface area contributed by atoms with E-state index in [9.17, 15) is 0 Å². The first-order valence-electron chi connectivity index (χ1n) is 7.37. The average molecular weight is 252 g/mol. The molecule has 0 unspecified atom stereocenters. The Labute approximate surface area is 114 Å². The molecule has 2 nitrogen and oxygen atoms in total. The number of anilines is 1. The van der Waals surface area contributed by atoms with Gasteiger partial charge in [-0.25, -0.2) is 0 Å². The minimum Gasteiger partial charge on any atom is -0.370 e. The van der Waals surface area contributed by atoms with Crippen LogP contribution in [0.3, 0.4) is 0 Å². The zero-order chi connectivity index (χ0) is 12.9. The van der Waals surface area contributed by atoms with Crippen LogP contribution in [-0.4, -0.2) is 18.1 Å². The normalized spacial score (nSPS) is 21.0. The molecule has 4 rings (SSSR count). The molecule has 0 bridgehead atoms. The van der Waals surface area contributed by atoms with Gasteiger partial charge < -0.3 is 4.90 Å². The molecule has 2 aliphatic rings. The molecule has 98 valence electrons. The molecule has 19 heavy (non-hydrogen) atoms. The molecule has 1 saturated heterocycles. The predicted octanol–water partition coefficient (Wildman–Crippen LogP) is 3.92. The molecule has 0 radical (unpaired) electrons. The molecule has 0 atom stereocenters. The number of hydrogen-bond acceptors (Lipinski definition) is 2. The maximum atomic E-state index is 4.56. The number of hydrogen-bond donors (Lipinski definition) is 0. The molecule has 2 heterocycles. The van der Waals surface area contributed by atoms with Crippen molar-refractivity contribution < 1.29 is 0 Å². The summed E-state index contributed by atoms with van der Waals surface area (Å²) >= 11 is 0. The van der Waals surface area contributed by atoms with Gasteiger partial charge in [-0.3, -0.25) is 4.98 Å². The maximum Gasteiger partial charge on any atom is 0.0751 e. The van der Waals surface area contributed by atoms with Crippen molar-refractivity contribution in [2.24, 2.45) is 5.41 Å². The van der Waals surface area contributed by atoms with E-state index in [1.165, 1.54) is 55.4 Å². The van der Waals surface area contributed by atoms with E-state index in [-0.39, 0.29) is 0 Å². The minimum atomic E-state index is 0.652. The Bertz CT molecular complexity index is 628. The second-order valence-corrected chi connectivity index (χ2v) is 6.33. The van der Waals surface area contributed by atoms with E-state index >= 15 is 0 Å². The molecule has 0 N–H and O–H groups in total. The first kappa shape index (κ1) is 11.3. The fourth-order valence-electron chi connectivity index (χ4n) is 3.81. The lowest BCUT2D eigenvalue weighted by Gasteiger charge is -2.38. The summed E-state index contributed by atoms with van der Waals surface area (Å²) in [6, 6.07) is 8.71. The van der Waals surface area contributed by atoms with Crippen LogP contribution in [-0.2, 0) is 0 Å². The maximum absolute atomic E-state index is 4.56. The lowest BCUT2D eigenvalue weighted by atomic mass is 9.68. The number of aromatic nitrogens is 1. The highest BCUT2D eigenvalue weighted by atomic mass is 15.2. The van der Waals surface area contributed by atoms with Gasteiger partial charge in [-0.15, -0.1) is 0 Å². The first-order valence-corrected chi connectivity index (χ1v) is 7.37. The third-order valence-electron chi connectivity index (χ3n) is 5.14. The van der Waals surface area contributed by atoms with Crippen molar-refractivity contribution in [3.8, 4) is 0 Å². The van der Waals surface area contributed by atoms with E-state index in [2.05, 4.69) is 41.1 Å². The molecule has 2 fully saturated rings. The summed E-state index contributed by atoms with van der Waals surface area (Å²) in [6.45, 7) is 4.61. The van der Waals surface area contributed by atoms with Crippen LogP contribution in [0, 0.1) is 12.3 Å². The fourth-order valence-corrected chi connectivity index (χ4v) is 3.81. The second kappa shape index (κ2) is 3.96. The van der Waals surface area contributed by atoms with E-state index < -0.39 is 0 Å². The summed E-state index contributed by atoms with van der Waals surface area (Å²) in [7, 11) is 0. The van der Waals surface area contributed by atoms with Crippen molar-refractivity contribution in [2.75, 3.05) is 18.0 Å². The van der Waals surface area contributed by atoms with Crippen molar-refractivity contribution in [3.05, 3.63) is 36.0 Å². The highest BCUT2D eigenvalue weighted by Crippen LogP contribution is 2.49. The van der Waals surface area contributed by atoms with Gasteiger partial charge in [-0.2, -0.15) is 0 Å². The van der Waals surface area contributed by atoms with E-state index in [1.54, 1.807) is 0 Å². The van der Waals surface area contributed by atoms with Crippen LogP contribution in [0.5, 0.6) is 0 Å². The number of fused-ring (bicyclic) bond motifs is 1. The third-order valence-corrected chi connectivity index (χ3v) is 5.14. The SMILES string of the molecule is Cc1cccc2c(N3CCC4(CCC4)C3)ccnc12. The molecule has 1 aliphatic carbocycles. The third kappa shape index (κ3) is 1.66. The predicted molar refractivity (Wildman–Crippen MR) is 79.6 cm³/mol. The molecule has 0 amide bonds.